The van der Waals surface area contributed by atoms with E-state index in [-0.39, 0.29) is 5.91 Å². The summed E-state index contributed by atoms with van der Waals surface area (Å²) in [5, 5.41) is 5.97. The number of hydrogen-bond donors (Lipinski definition) is 2. The molecule has 6 nitrogen and oxygen atoms in total. The summed E-state index contributed by atoms with van der Waals surface area (Å²) in [6.07, 6.45) is 1.75. The third-order valence-corrected chi connectivity index (χ3v) is 3.20. The molecule has 0 aliphatic carbocycles. The molecule has 0 aromatic carbocycles. The number of amides is 1. The summed E-state index contributed by atoms with van der Waals surface area (Å²) in [6, 6.07) is 4.02. The van der Waals surface area contributed by atoms with E-state index in [4.69, 9.17) is 4.74 Å². The van der Waals surface area contributed by atoms with Crippen molar-refractivity contribution in [2.75, 3.05) is 45.3 Å². The Hall–Kier alpha value is -1.66. The van der Waals surface area contributed by atoms with Crippen LogP contribution in [0.3, 0.4) is 0 Å². The molecule has 2 rings (SSSR count). The van der Waals surface area contributed by atoms with Gasteiger partial charge in [-0.15, -0.1) is 0 Å². The van der Waals surface area contributed by atoms with Crippen LogP contribution in [0.25, 0.3) is 0 Å². The highest BCUT2D eigenvalue weighted by Crippen LogP contribution is 2.15. The fraction of sp³-hybridized carbons (Fsp3) is 0.538. The van der Waals surface area contributed by atoms with Gasteiger partial charge in [0.1, 0.15) is 5.69 Å². The van der Waals surface area contributed by atoms with Gasteiger partial charge in [-0.3, -0.25) is 4.79 Å². The van der Waals surface area contributed by atoms with Crippen molar-refractivity contribution in [2.24, 2.45) is 0 Å². The molecule has 0 bridgehead atoms. The molecule has 2 heterocycles. The number of ether oxygens (including phenoxy) is 1. The minimum absolute atomic E-state index is 0.163. The topological polar surface area (TPSA) is 66.5 Å². The molecular weight excluding hydrogens is 244 g/mol. The summed E-state index contributed by atoms with van der Waals surface area (Å²) in [4.78, 5) is 17.9. The molecule has 1 unspecified atom stereocenters. The Morgan fingerprint density at radius 1 is 1.63 bits per heavy atom. The van der Waals surface area contributed by atoms with Gasteiger partial charge in [0.05, 0.1) is 18.5 Å². The van der Waals surface area contributed by atoms with E-state index in [1.54, 1.807) is 26.4 Å². The predicted octanol–water partition coefficient (Wildman–Crippen LogP) is -0.134. The molecule has 6 heteroatoms. The van der Waals surface area contributed by atoms with E-state index in [1.165, 1.54) is 0 Å². The van der Waals surface area contributed by atoms with Gasteiger partial charge in [-0.25, -0.2) is 4.98 Å². The molecule has 19 heavy (non-hydrogen) atoms. The van der Waals surface area contributed by atoms with Crippen LogP contribution in [0, 0.1) is 0 Å². The maximum atomic E-state index is 11.4. The lowest BCUT2D eigenvalue weighted by molar-refractivity contribution is 0.0958. The maximum absolute atomic E-state index is 11.4. The van der Waals surface area contributed by atoms with E-state index in [9.17, 15) is 4.79 Å². The summed E-state index contributed by atoms with van der Waals surface area (Å²) >= 11 is 0. The Morgan fingerprint density at radius 2 is 2.47 bits per heavy atom. The molecule has 1 aromatic heterocycles. The molecule has 1 aromatic rings. The second-order valence-corrected chi connectivity index (χ2v) is 4.53. The summed E-state index contributed by atoms with van der Waals surface area (Å²) < 4.78 is 5.17. The lowest BCUT2D eigenvalue weighted by Gasteiger charge is -2.34. The minimum atomic E-state index is -0.163. The first-order valence-corrected chi connectivity index (χ1v) is 6.40. The van der Waals surface area contributed by atoms with Crippen molar-refractivity contribution in [3.05, 3.63) is 24.0 Å². The number of carbonyl (C=O) groups is 1. The van der Waals surface area contributed by atoms with Crippen LogP contribution in [0.4, 0.5) is 5.69 Å². The number of rotatable bonds is 4. The molecule has 1 saturated heterocycles. The molecule has 1 fully saturated rings. The van der Waals surface area contributed by atoms with Gasteiger partial charge in [0.2, 0.25) is 0 Å². The normalized spacial score (nSPS) is 19.3. The Kier molecular flexibility index (Phi) is 4.70. The number of nitrogens with one attached hydrogen (secondary N) is 2. The lowest BCUT2D eigenvalue weighted by Crippen LogP contribution is -2.52. The number of piperazine rings is 1. The van der Waals surface area contributed by atoms with Crippen molar-refractivity contribution in [1.29, 1.82) is 0 Å². The summed E-state index contributed by atoms with van der Waals surface area (Å²) in [7, 11) is 3.31. The van der Waals surface area contributed by atoms with Gasteiger partial charge in [0, 0.05) is 39.8 Å². The van der Waals surface area contributed by atoms with E-state index in [1.807, 2.05) is 6.07 Å². The van der Waals surface area contributed by atoms with Crippen LogP contribution >= 0.6 is 0 Å². The average molecular weight is 264 g/mol. The van der Waals surface area contributed by atoms with Crippen LogP contribution < -0.4 is 15.5 Å². The number of aromatic nitrogens is 1. The number of methoxy groups -OCH3 is 1. The molecule has 1 aliphatic heterocycles. The highest BCUT2D eigenvalue weighted by atomic mass is 16.5. The predicted molar refractivity (Wildman–Crippen MR) is 73.5 cm³/mol. The Balaban J connectivity index is 2.03. The Morgan fingerprint density at radius 3 is 3.11 bits per heavy atom. The first kappa shape index (κ1) is 13.8. The summed E-state index contributed by atoms with van der Waals surface area (Å²) in [5.74, 6) is -0.163. The largest absolute Gasteiger partial charge is 0.383 e. The molecule has 0 radical (unpaired) electrons. The Labute approximate surface area is 113 Å². The summed E-state index contributed by atoms with van der Waals surface area (Å²) in [5.41, 5.74) is 1.48. The minimum Gasteiger partial charge on any atom is -0.383 e. The number of anilines is 1. The second kappa shape index (κ2) is 6.49. The van der Waals surface area contributed by atoms with Gasteiger partial charge in [-0.2, -0.15) is 0 Å². The van der Waals surface area contributed by atoms with Crippen molar-refractivity contribution >= 4 is 11.6 Å². The van der Waals surface area contributed by atoms with Gasteiger partial charge in [-0.05, 0) is 12.1 Å². The SMILES string of the molecule is CNC(=O)c1ccc(N2CCNC(COC)C2)cn1. The average Bonchev–Trinajstić information content (AvgIpc) is 2.47. The highest BCUT2D eigenvalue weighted by molar-refractivity contribution is 5.92. The van der Waals surface area contributed by atoms with Gasteiger partial charge in [-0.1, -0.05) is 0 Å². The van der Waals surface area contributed by atoms with E-state index in [0.29, 0.717) is 18.3 Å². The number of pyridine rings is 1. The molecule has 0 spiro atoms. The molecule has 1 amide bonds. The third kappa shape index (κ3) is 3.42. The first-order chi connectivity index (χ1) is 9.24. The van der Waals surface area contributed by atoms with Crippen LogP contribution in [0.1, 0.15) is 10.5 Å². The molecule has 1 aliphatic rings. The molecule has 2 N–H and O–H groups in total. The van der Waals surface area contributed by atoms with Gasteiger partial charge < -0.3 is 20.3 Å². The second-order valence-electron chi connectivity index (χ2n) is 4.53. The van der Waals surface area contributed by atoms with E-state index >= 15 is 0 Å². The van der Waals surface area contributed by atoms with E-state index < -0.39 is 0 Å². The number of nitrogens with zero attached hydrogens (tertiary/aromatic N) is 2. The van der Waals surface area contributed by atoms with Crippen LogP contribution in [0.5, 0.6) is 0 Å². The van der Waals surface area contributed by atoms with Gasteiger partial charge in [0.25, 0.3) is 5.91 Å². The molecule has 1 atom stereocenters. The standard InChI is InChI=1S/C13H20N4O2/c1-14-13(18)12-4-3-11(7-16-12)17-6-5-15-10(8-17)9-19-2/h3-4,7,10,15H,5-6,8-9H2,1-2H3,(H,14,18). The molecule has 104 valence electrons. The quantitative estimate of drug-likeness (QED) is 0.793. The number of carbonyl (C=O) groups excluding carboxylic acids is 1. The monoisotopic (exact) mass is 264 g/mol. The number of hydrogen-bond acceptors (Lipinski definition) is 5. The van der Waals surface area contributed by atoms with Crippen LogP contribution in [-0.2, 0) is 4.74 Å². The lowest BCUT2D eigenvalue weighted by atomic mass is 10.2. The maximum Gasteiger partial charge on any atom is 0.269 e. The zero-order valence-electron chi connectivity index (χ0n) is 11.3. The van der Waals surface area contributed by atoms with E-state index in [0.717, 1.165) is 25.3 Å². The van der Waals surface area contributed by atoms with Crippen LogP contribution in [0.2, 0.25) is 0 Å². The van der Waals surface area contributed by atoms with Crippen molar-refractivity contribution in [3.63, 3.8) is 0 Å². The van der Waals surface area contributed by atoms with Crippen molar-refractivity contribution in [1.82, 2.24) is 15.6 Å². The fourth-order valence-electron chi connectivity index (χ4n) is 2.21. The van der Waals surface area contributed by atoms with Crippen LogP contribution in [0.15, 0.2) is 18.3 Å². The van der Waals surface area contributed by atoms with Gasteiger partial charge >= 0.3 is 0 Å². The van der Waals surface area contributed by atoms with E-state index in [2.05, 4.69) is 20.5 Å². The van der Waals surface area contributed by atoms with Crippen molar-refractivity contribution in [2.45, 2.75) is 6.04 Å². The molecular formula is C13H20N4O2. The van der Waals surface area contributed by atoms with Gasteiger partial charge in [0.15, 0.2) is 0 Å². The first-order valence-electron chi connectivity index (χ1n) is 6.40. The van der Waals surface area contributed by atoms with Crippen molar-refractivity contribution in [3.8, 4) is 0 Å². The zero-order valence-corrected chi connectivity index (χ0v) is 11.3. The Bertz CT molecular complexity index is 419. The van der Waals surface area contributed by atoms with Crippen molar-refractivity contribution < 1.29 is 9.53 Å². The van der Waals surface area contributed by atoms with Crippen LogP contribution in [-0.4, -0.2) is 57.3 Å². The smallest absolute Gasteiger partial charge is 0.269 e. The molecule has 0 saturated carbocycles. The fourth-order valence-corrected chi connectivity index (χ4v) is 2.21. The third-order valence-electron chi connectivity index (χ3n) is 3.20. The summed E-state index contributed by atoms with van der Waals surface area (Å²) in [6.45, 7) is 3.43. The highest BCUT2D eigenvalue weighted by Gasteiger charge is 2.19. The zero-order chi connectivity index (χ0) is 13.7.